The van der Waals surface area contributed by atoms with Crippen molar-refractivity contribution in [3.05, 3.63) is 58.2 Å². The number of carbonyl (C=O) groups is 5. The summed E-state index contributed by atoms with van der Waals surface area (Å²) in [5, 5.41) is 11.2. The molecule has 8 rings (SSSR count). The molecule has 1 aromatic carbocycles. The number of aromatic nitrogens is 3. The van der Waals surface area contributed by atoms with Crippen LogP contribution in [0.5, 0.6) is 0 Å². The Labute approximate surface area is 385 Å². The third-order valence-electron chi connectivity index (χ3n) is 13.3. The zero-order chi connectivity index (χ0) is 46.5. The van der Waals surface area contributed by atoms with Crippen LogP contribution in [0.25, 0.3) is 33.4 Å². The number of carbonyl (C=O) groups excluding carboxylic acids is 5. The van der Waals surface area contributed by atoms with Crippen LogP contribution in [0.4, 0.5) is 4.79 Å². The minimum atomic E-state index is -1.07. The lowest BCUT2D eigenvalue weighted by Crippen LogP contribution is -2.66. The number of amides is 5. The molecule has 4 aromatic rings. The molecular weight excluding hydrogens is 845 g/mol. The van der Waals surface area contributed by atoms with Gasteiger partial charge in [-0.05, 0) is 67.9 Å². The summed E-state index contributed by atoms with van der Waals surface area (Å²) in [5.74, 6) is -1.43. The number of cyclic esters (lactones) is 1. The highest BCUT2D eigenvalue weighted by atomic mass is 32.1. The first kappa shape index (κ1) is 46.2. The Morgan fingerprint density at radius 1 is 1.09 bits per heavy atom. The number of rotatable bonds is 9. The number of nitrogens with zero attached hydrogens (tertiary/aromatic N) is 7. The van der Waals surface area contributed by atoms with E-state index in [2.05, 4.69) is 79.5 Å². The van der Waals surface area contributed by atoms with Gasteiger partial charge in [-0.2, -0.15) is 0 Å². The molecule has 0 spiro atoms. The summed E-state index contributed by atoms with van der Waals surface area (Å²) >= 11 is 1.42. The maximum Gasteiger partial charge on any atom is 0.324 e. The molecule has 17 heteroatoms. The molecule has 0 unspecified atom stereocenters. The SMILES string of the molecule is CCn1c(-c2cccnc2C(C)C)c2c3cc(ccc31)-c1csc(n1)C[C@H](NC(=O)[C@H](C(C)C)N(C)C(=O)N1CC(N(C)C(=O)[C@@H]3CN3)C1)C(=O)N1CCC[C@H](N1)C(=O)OCC(C)(C)C2. The van der Waals surface area contributed by atoms with Gasteiger partial charge in [0.2, 0.25) is 11.8 Å². The molecule has 4 aliphatic rings. The van der Waals surface area contributed by atoms with Gasteiger partial charge in [-0.1, -0.05) is 47.6 Å². The highest BCUT2D eigenvalue weighted by Crippen LogP contribution is 2.42. The van der Waals surface area contributed by atoms with Gasteiger partial charge < -0.3 is 34.6 Å². The number of ether oxygens (including phenoxy) is 1. The lowest BCUT2D eigenvalue weighted by molar-refractivity contribution is -0.155. The lowest BCUT2D eigenvalue weighted by atomic mass is 9.84. The van der Waals surface area contributed by atoms with Crippen LogP contribution in [-0.2, 0) is 43.3 Å². The summed E-state index contributed by atoms with van der Waals surface area (Å²) < 4.78 is 8.47. The molecule has 4 atom stereocenters. The fourth-order valence-electron chi connectivity index (χ4n) is 9.63. The Morgan fingerprint density at radius 2 is 1.85 bits per heavy atom. The molecule has 0 radical (unpaired) electrons. The van der Waals surface area contributed by atoms with Crippen molar-refractivity contribution < 1.29 is 28.7 Å². The smallest absolute Gasteiger partial charge is 0.324 e. The number of esters is 1. The second-order valence-electron chi connectivity index (χ2n) is 19.6. The predicted molar refractivity (Wildman–Crippen MR) is 250 cm³/mol. The minimum absolute atomic E-state index is 0.0138. The zero-order valence-electron chi connectivity index (χ0n) is 39.1. The molecule has 4 aliphatic heterocycles. The van der Waals surface area contributed by atoms with E-state index >= 15 is 0 Å². The van der Waals surface area contributed by atoms with E-state index in [0.717, 1.165) is 51.2 Å². The Balaban J connectivity index is 1.12. The molecule has 6 bridgehead atoms. The van der Waals surface area contributed by atoms with Crippen molar-refractivity contribution in [3.8, 4) is 22.5 Å². The number of likely N-dealkylation sites (tertiary alicyclic amines) is 1. The number of pyridine rings is 1. The second-order valence-corrected chi connectivity index (χ2v) is 20.5. The Morgan fingerprint density at radius 3 is 2.54 bits per heavy atom. The minimum Gasteiger partial charge on any atom is -0.464 e. The van der Waals surface area contributed by atoms with E-state index in [9.17, 15) is 24.0 Å². The fourth-order valence-corrected chi connectivity index (χ4v) is 10.5. The van der Waals surface area contributed by atoms with E-state index in [1.165, 1.54) is 21.2 Å². The van der Waals surface area contributed by atoms with E-state index in [4.69, 9.17) is 14.7 Å². The monoisotopic (exact) mass is 908 g/mol. The molecule has 348 valence electrons. The molecule has 7 heterocycles. The number of thiazole rings is 1. The van der Waals surface area contributed by atoms with Crippen LogP contribution in [0, 0.1) is 11.3 Å². The van der Waals surface area contributed by atoms with Crippen LogP contribution in [-0.4, -0.2) is 141 Å². The lowest BCUT2D eigenvalue weighted by Gasteiger charge is -2.46. The maximum absolute atomic E-state index is 14.6. The number of urea groups is 1. The number of hydrazine groups is 1. The Hall–Kier alpha value is -5.39. The topological polar surface area (TPSA) is 184 Å². The number of hydrogen-bond donors (Lipinski definition) is 3. The van der Waals surface area contributed by atoms with Gasteiger partial charge >= 0.3 is 12.0 Å². The van der Waals surface area contributed by atoms with Crippen molar-refractivity contribution in [2.75, 3.05) is 46.9 Å². The van der Waals surface area contributed by atoms with E-state index in [1.54, 1.807) is 23.9 Å². The molecular formula is C48H64N10O6S. The standard InChI is InChI=1S/C48H64N10O6S/c1-10-57-38-16-15-29-19-32(38)33(42(57)31-13-11-17-49-40(31)27(2)3)21-48(6,7)26-64-46(62)34-14-12-18-58(53-34)45(61)35(20-39-51-37(29)25-65-39)52-43(59)41(28(4)5)55(9)47(63)56-23-30(24-56)54(8)44(60)36-22-50-36/h11,13,15-17,19,25,27-28,30,34-36,41,50,53H,10,12,14,18,20-24,26H2,1-9H3,(H,52,59)/t34-,35-,36-,41-/m0/s1. The number of aryl methyl sites for hydroxylation is 1. The van der Waals surface area contributed by atoms with E-state index in [1.807, 2.05) is 31.5 Å². The Bertz CT molecular complexity index is 2470. The van der Waals surface area contributed by atoms with Gasteiger partial charge in [0.05, 0.1) is 40.8 Å². The van der Waals surface area contributed by atoms with Crippen LogP contribution in [0.1, 0.15) is 83.5 Å². The number of hydrogen-bond acceptors (Lipinski definition) is 11. The van der Waals surface area contributed by atoms with Gasteiger partial charge in [0.15, 0.2) is 0 Å². The number of fused-ring (bicyclic) bond motifs is 6. The van der Waals surface area contributed by atoms with Crippen molar-refractivity contribution in [1.29, 1.82) is 0 Å². The number of nitrogens with one attached hydrogen (secondary N) is 3. The molecule has 3 saturated heterocycles. The maximum atomic E-state index is 14.6. The molecule has 3 N–H and O–H groups in total. The van der Waals surface area contributed by atoms with Gasteiger partial charge in [0.25, 0.3) is 5.91 Å². The van der Waals surface area contributed by atoms with Crippen molar-refractivity contribution in [2.45, 2.75) is 117 Å². The molecule has 5 amide bonds. The number of benzene rings is 1. The predicted octanol–water partition coefficient (Wildman–Crippen LogP) is 4.81. The summed E-state index contributed by atoms with van der Waals surface area (Å²) in [5.41, 5.74) is 9.80. The Kier molecular flexibility index (Phi) is 13.1. The molecule has 3 aromatic heterocycles. The third-order valence-corrected chi connectivity index (χ3v) is 14.2. The summed E-state index contributed by atoms with van der Waals surface area (Å²) in [6.45, 7) is 17.0. The van der Waals surface area contributed by atoms with Gasteiger partial charge in [-0.25, -0.2) is 15.2 Å². The van der Waals surface area contributed by atoms with Crippen LogP contribution >= 0.6 is 11.3 Å². The van der Waals surface area contributed by atoms with Crippen LogP contribution in [0.2, 0.25) is 0 Å². The van der Waals surface area contributed by atoms with Crippen molar-refractivity contribution in [1.82, 2.24) is 50.3 Å². The average Bonchev–Trinajstić information content (AvgIpc) is 3.94. The largest absolute Gasteiger partial charge is 0.464 e. The highest BCUT2D eigenvalue weighted by Gasteiger charge is 2.43. The van der Waals surface area contributed by atoms with Crippen LogP contribution in [0.15, 0.2) is 41.9 Å². The van der Waals surface area contributed by atoms with E-state index in [0.29, 0.717) is 50.4 Å². The average molecular weight is 909 g/mol. The number of likely N-dealkylation sites (N-methyl/N-ethyl adjacent to an activating group) is 2. The molecule has 3 fully saturated rings. The van der Waals surface area contributed by atoms with Gasteiger partial charge in [0, 0.05) is 92.3 Å². The first-order valence-corrected chi connectivity index (χ1v) is 24.0. The summed E-state index contributed by atoms with van der Waals surface area (Å²) in [4.78, 5) is 84.0. The summed E-state index contributed by atoms with van der Waals surface area (Å²) in [7, 11) is 3.36. The van der Waals surface area contributed by atoms with Gasteiger partial charge in [-0.15, -0.1) is 11.3 Å². The zero-order valence-corrected chi connectivity index (χ0v) is 40.0. The normalized spacial score (nSPS) is 21.7. The van der Waals surface area contributed by atoms with Crippen molar-refractivity contribution >= 4 is 52.0 Å². The first-order chi connectivity index (χ1) is 31.0. The molecule has 65 heavy (non-hydrogen) atoms. The third kappa shape index (κ3) is 9.37. The van der Waals surface area contributed by atoms with E-state index in [-0.39, 0.29) is 48.9 Å². The van der Waals surface area contributed by atoms with Crippen molar-refractivity contribution in [2.24, 2.45) is 11.3 Å². The van der Waals surface area contributed by atoms with Crippen molar-refractivity contribution in [3.63, 3.8) is 0 Å². The fraction of sp³-hybridized carbons (Fsp3) is 0.562. The van der Waals surface area contributed by atoms with Gasteiger partial charge in [-0.3, -0.25) is 29.2 Å². The quantitative estimate of drug-likeness (QED) is 0.156. The highest BCUT2D eigenvalue weighted by molar-refractivity contribution is 7.10. The molecule has 0 saturated carbocycles. The first-order valence-electron chi connectivity index (χ1n) is 23.1. The second kappa shape index (κ2) is 18.5. The summed E-state index contributed by atoms with van der Waals surface area (Å²) in [6, 6.07) is 7.24. The van der Waals surface area contributed by atoms with E-state index < -0.39 is 41.3 Å². The molecule has 16 nitrogen and oxygen atoms in total. The summed E-state index contributed by atoms with van der Waals surface area (Å²) in [6.07, 6.45) is 3.59. The molecule has 0 aliphatic carbocycles. The van der Waals surface area contributed by atoms with Gasteiger partial charge in [0.1, 0.15) is 18.1 Å². The van der Waals surface area contributed by atoms with Crippen LogP contribution in [0.3, 0.4) is 0 Å². The van der Waals surface area contributed by atoms with Crippen LogP contribution < -0.4 is 16.1 Å².